The van der Waals surface area contributed by atoms with Gasteiger partial charge in [-0.2, -0.15) is 0 Å². The number of nitrogens with one attached hydrogen (secondary N) is 1. The molecule has 0 unspecified atom stereocenters. The quantitative estimate of drug-likeness (QED) is 0.886. The summed E-state index contributed by atoms with van der Waals surface area (Å²) in [5, 5.41) is 10.7. The van der Waals surface area contributed by atoms with Crippen molar-refractivity contribution in [1.82, 2.24) is 14.9 Å². The van der Waals surface area contributed by atoms with Crippen molar-refractivity contribution in [2.45, 2.75) is 25.0 Å². The third-order valence-electron chi connectivity index (χ3n) is 3.88. The highest BCUT2D eigenvalue weighted by atomic mass is 19.1. The van der Waals surface area contributed by atoms with E-state index >= 15 is 0 Å². The second kappa shape index (κ2) is 6.46. The van der Waals surface area contributed by atoms with Gasteiger partial charge < -0.3 is 14.8 Å². The molecule has 1 fully saturated rings. The molecular weight excluding hydrogens is 285 g/mol. The van der Waals surface area contributed by atoms with Crippen molar-refractivity contribution in [3.8, 4) is 5.75 Å². The average molecular weight is 305 g/mol. The molecular formula is C16H20FN3O2. The number of rotatable bonds is 5. The second-order valence-electron chi connectivity index (χ2n) is 5.82. The van der Waals surface area contributed by atoms with E-state index in [1.807, 2.05) is 0 Å². The number of H-pyrrole nitrogens is 1. The van der Waals surface area contributed by atoms with Crippen LogP contribution in [0.15, 0.2) is 36.7 Å². The number of ether oxygens (including phenoxy) is 1. The SMILES string of the molecule is O[C@@]1(COc2ccc(F)cc2)CCCN(Cc2ncc[nH]2)C1. The van der Waals surface area contributed by atoms with Gasteiger partial charge in [0.2, 0.25) is 0 Å². The highest BCUT2D eigenvalue weighted by Crippen LogP contribution is 2.23. The van der Waals surface area contributed by atoms with Gasteiger partial charge in [0.15, 0.2) is 0 Å². The predicted molar refractivity (Wildman–Crippen MR) is 79.9 cm³/mol. The molecule has 2 N–H and O–H groups in total. The minimum atomic E-state index is -0.890. The summed E-state index contributed by atoms with van der Waals surface area (Å²) in [4.78, 5) is 9.45. The number of piperidine rings is 1. The van der Waals surface area contributed by atoms with Crippen molar-refractivity contribution >= 4 is 0 Å². The molecule has 1 aliphatic heterocycles. The summed E-state index contributed by atoms with van der Waals surface area (Å²) in [7, 11) is 0. The Labute approximate surface area is 128 Å². The van der Waals surface area contributed by atoms with E-state index in [-0.39, 0.29) is 12.4 Å². The first-order chi connectivity index (χ1) is 10.6. The summed E-state index contributed by atoms with van der Waals surface area (Å²) < 4.78 is 18.5. The van der Waals surface area contributed by atoms with Gasteiger partial charge in [-0.15, -0.1) is 0 Å². The smallest absolute Gasteiger partial charge is 0.123 e. The summed E-state index contributed by atoms with van der Waals surface area (Å²) in [6.07, 6.45) is 5.12. The lowest BCUT2D eigenvalue weighted by Crippen LogP contribution is -2.51. The van der Waals surface area contributed by atoms with Crippen LogP contribution in [0.5, 0.6) is 5.75 Å². The first-order valence-electron chi connectivity index (χ1n) is 7.44. The molecule has 5 nitrogen and oxygen atoms in total. The Balaban J connectivity index is 1.56. The van der Waals surface area contributed by atoms with Gasteiger partial charge in [0.25, 0.3) is 0 Å². The largest absolute Gasteiger partial charge is 0.491 e. The molecule has 1 atom stereocenters. The van der Waals surface area contributed by atoms with Gasteiger partial charge in [0.1, 0.15) is 29.6 Å². The molecule has 2 aromatic rings. The third kappa shape index (κ3) is 3.84. The van der Waals surface area contributed by atoms with Crippen LogP contribution in [-0.2, 0) is 6.54 Å². The molecule has 0 radical (unpaired) electrons. The lowest BCUT2D eigenvalue weighted by atomic mass is 9.93. The van der Waals surface area contributed by atoms with Crippen LogP contribution in [0, 0.1) is 5.82 Å². The first-order valence-corrected chi connectivity index (χ1v) is 7.44. The Hall–Kier alpha value is -1.92. The topological polar surface area (TPSA) is 61.4 Å². The van der Waals surface area contributed by atoms with Crippen molar-refractivity contribution in [1.29, 1.82) is 0 Å². The van der Waals surface area contributed by atoms with Gasteiger partial charge in [0.05, 0.1) is 6.54 Å². The van der Waals surface area contributed by atoms with E-state index in [1.54, 1.807) is 24.5 Å². The van der Waals surface area contributed by atoms with Crippen LogP contribution in [-0.4, -0.2) is 45.3 Å². The molecule has 1 saturated heterocycles. The molecule has 1 aromatic carbocycles. The fourth-order valence-electron chi connectivity index (χ4n) is 2.80. The van der Waals surface area contributed by atoms with E-state index in [0.29, 0.717) is 25.3 Å². The number of aliphatic hydroxyl groups is 1. The number of hydrogen-bond donors (Lipinski definition) is 2. The van der Waals surface area contributed by atoms with Crippen molar-refractivity contribution in [2.75, 3.05) is 19.7 Å². The number of β-amino-alcohol motifs (C(OH)–C–C–N with tert-alkyl or cyclic N) is 1. The zero-order valence-electron chi connectivity index (χ0n) is 12.3. The summed E-state index contributed by atoms with van der Waals surface area (Å²) in [6.45, 7) is 2.35. The number of likely N-dealkylation sites (tertiary alicyclic amines) is 1. The number of hydrogen-bond acceptors (Lipinski definition) is 4. The van der Waals surface area contributed by atoms with Crippen LogP contribution >= 0.6 is 0 Å². The molecule has 0 bridgehead atoms. The van der Waals surface area contributed by atoms with Gasteiger partial charge in [0, 0.05) is 18.9 Å². The number of halogens is 1. The molecule has 1 aromatic heterocycles. The maximum Gasteiger partial charge on any atom is 0.123 e. The summed E-state index contributed by atoms with van der Waals surface area (Å²) in [6, 6.07) is 5.84. The third-order valence-corrected chi connectivity index (χ3v) is 3.88. The van der Waals surface area contributed by atoms with Gasteiger partial charge in [-0.3, -0.25) is 4.90 Å². The average Bonchev–Trinajstić information content (AvgIpc) is 3.00. The van der Waals surface area contributed by atoms with Crippen LogP contribution in [0.3, 0.4) is 0 Å². The van der Waals surface area contributed by atoms with Crippen molar-refractivity contribution in [3.05, 3.63) is 48.3 Å². The number of aromatic amines is 1. The van der Waals surface area contributed by atoms with Gasteiger partial charge in [-0.25, -0.2) is 9.37 Å². The van der Waals surface area contributed by atoms with E-state index in [4.69, 9.17) is 4.74 Å². The molecule has 0 spiro atoms. The zero-order valence-corrected chi connectivity index (χ0v) is 12.3. The lowest BCUT2D eigenvalue weighted by Gasteiger charge is -2.38. The zero-order chi connectivity index (χ0) is 15.4. The molecule has 6 heteroatoms. The maximum atomic E-state index is 12.9. The molecule has 1 aliphatic rings. The van der Waals surface area contributed by atoms with E-state index in [9.17, 15) is 9.50 Å². The number of imidazole rings is 1. The van der Waals surface area contributed by atoms with Crippen LogP contribution in [0.4, 0.5) is 4.39 Å². The fraction of sp³-hybridized carbons (Fsp3) is 0.438. The van der Waals surface area contributed by atoms with Gasteiger partial charge in [-0.1, -0.05) is 0 Å². The molecule has 0 amide bonds. The van der Waals surface area contributed by atoms with Crippen LogP contribution in [0.25, 0.3) is 0 Å². The Bertz CT molecular complexity index is 588. The molecule has 22 heavy (non-hydrogen) atoms. The Morgan fingerprint density at radius 2 is 2.18 bits per heavy atom. The number of nitrogens with zero attached hydrogens (tertiary/aromatic N) is 2. The normalized spacial score (nSPS) is 22.6. The standard InChI is InChI=1S/C16H20FN3O2/c17-13-2-4-14(5-3-13)22-12-16(21)6-1-9-20(11-16)10-15-18-7-8-19-15/h2-5,7-8,21H,1,6,9-12H2,(H,18,19)/t16-/m0/s1. The van der Waals surface area contributed by atoms with E-state index in [2.05, 4.69) is 14.9 Å². The molecule has 0 saturated carbocycles. The number of aromatic nitrogens is 2. The van der Waals surface area contributed by atoms with Crippen molar-refractivity contribution in [3.63, 3.8) is 0 Å². The van der Waals surface area contributed by atoms with Crippen LogP contribution in [0.1, 0.15) is 18.7 Å². The maximum absolute atomic E-state index is 12.9. The molecule has 118 valence electrons. The minimum absolute atomic E-state index is 0.202. The highest BCUT2D eigenvalue weighted by Gasteiger charge is 2.34. The summed E-state index contributed by atoms with van der Waals surface area (Å²) in [5.41, 5.74) is -0.890. The Kier molecular flexibility index (Phi) is 4.40. The first kappa shape index (κ1) is 15.0. The monoisotopic (exact) mass is 305 g/mol. The number of benzene rings is 1. The van der Waals surface area contributed by atoms with Gasteiger partial charge >= 0.3 is 0 Å². The predicted octanol–water partition coefficient (Wildman–Crippen LogP) is 1.95. The summed E-state index contributed by atoms with van der Waals surface area (Å²) >= 11 is 0. The van der Waals surface area contributed by atoms with Crippen molar-refractivity contribution < 1.29 is 14.2 Å². The molecule has 3 rings (SSSR count). The fourth-order valence-corrected chi connectivity index (χ4v) is 2.80. The van der Waals surface area contributed by atoms with Crippen LogP contribution < -0.4 is 4.74 Å². The molecule has 2 heterocycles. The lowest BCUT2D eigenvalue weighted by molar-refractivity contribution is -0.0625. The summed E-state index contributed by atoms with van der Waals surface area (Å²) in [5.74, 6) is 1.16. The van der Waals surface area contributed by atoms with E-state index < -0.39 is 5.60 Å². The van der Waals surface area contributed by atoms with E-state index in [0.717, 1.165) is 18.8 Å². The Morgan fingerprint density at radius 3 is 2.91 bits per heavy atom. The van der Waals surface area contributed by atoms with Crippen molar-refractivity contribution in [2.24, 2.45) is 0 Å². The van der Waals surface area contributed by atoms with Crippen LogP contribution in [0.2, 0.25) is 0 Å². The highest BCUT2D eigenvalue weighted by molar-refractivity contribution is 5.22. The Morgan fingerprint density at radius 1 is 1.36 bits per heavy atom. The minimum Gasteiger partial charge on any atom is -0.491 e. The van der Waals surface area contributed by atoms with Gasteiger partial charge in [-0.05, 0) is 43.7 Å². The molecule has 0 aliphatic carbocycles. The van der Waals surface area contributed by atoms with E-state index in [1.165, 1.54) is 12.1 Å². The second-order valence-corrected chi connectivity index (χ2v) is 5.82.